The maximum absolute atomic E-state index is 13.2. The van der Waals surface area contributed by atoms with Crippen LogP contribution in [0.3, 0.4) is 0 Å². The van der Waals surface area contributed by atoms with Crippen LogP contribution in [0.5, 0.6) is 0 Å². The van der Waals surface area contributed by atoms with Crippen molar-refractivity contribution in [2.45, 2.75) is 31.6 Å². The number of rotatable bonds is 2. The van der Waals surface area contributed by atoms with Crippen LogP contribution in [0.1, 0.15) is 24.0 Å². The second-order valence-electron chi connectivity index (χ2n) is 5.08. The number of halogens is 1. The molecule has 2 aliphatic heterocycles. The lowest BCUT2D eigenvalue weighted by molar-refractivity contribution is -0.0410. The van der Waals surface area contributed by atoms with Gasteiger partial charge in [-0.05, 0) is 30.5 Å². The highest BCUT2D eigenvalue weighted by atomic mass is 19.1. The van der Waals surface area contributed by atoms with Crippen LogP contribution in [-0.2, 0) is 11.3 Å². The van der Waals surface area contributed by atoms with Gasteiger partial charge in [0, 0.05) is 19.6 Å². The van der Waals surface area contributed by atoms with Gasteiger partial charge in [-0.1, -0.05) is 6.07 Å². The maximum Gasteiger partial charge on any atom is 0.140 e. The Bertz CT molecular complexity index is 485. The highest BCUT2D eigenvalue weighted by Gasteiger charge is 2.33. The van der Waals surface area contributed by atoms with Crippen molar-refractivity contribution in [3.05, 3.63) is 35.1 Å². The Morgan fingerprint density at radius 1 is 1.33 bits per heavy atom. The van der Waals surface area contributed by atoms with Crippen LogP contribution in [0.4, 0.5) is 4.39 Å². The zero-order valence-electron chi connectivity index (χ0n) is 10.1. The molecule has 0 saturated carbocycles. The summed E-state index contributed by atoms with van der Waals surface area (Å²) in [6, 6.07) is 6.67. The summed E-state index contributed by atoms with van der Waals surface area (Å²) < 4.78 is 19.0. The summed E-state index contributed by atoms with van der Waals surface area (Å²) in [7, 11) is 0. The fourth-order valence-electron chi connectivity index (χ4n) is 2.84. The first kappa shape index (κ1) is 11.6. The number of morpholine rings is 1. The van der Waals surface area contributed by atoms with Crippen molar-refractivity contribution in [3.8, 4) is 6.07 Å². The molecule has 0 spiro atoms. The van der Waals surface area contributed by atoms with Crippen LogP contribution < -0.4 is 0 Å². The molecule has 2 saturated heterocycles. The number of likely N-dealkylation sites (tertiary alicyclic amines) is 1. The topological polar surface area (TPSA) is 36.3 Å². The Morgan fingerprint density at radius 3 is 2.72 bits per heavy atom. The number of fused-ring (bicyclic) bond motifs is 2. The molecule has 2 unspecified atom stereocenters. The minimum Gasteiger partial charge on any atom is -0.372 e. The second kappa shape index (κ2) is 4.68. The average molecular weight is 246 g/mol. The molecule has 0 aliphatic carbocycles. The number of nitriles is 1. The molecule has 0 aromatic heterocycles. The summed E-state index contributed by atoms with van der Waals surface area (Å²) in [5, 5.41) is 8.82. The van der Waals surface area contributed by atoms with Crippen LogP contribution in [0.2, 0.25) is 0 Å². The van der Waals surface area contributed by atoms with Crippen LogP contribution in [-0.4, -0.2) is 30.2 Å². The fraction of sp³-hybridized carbons (Fsp3) is 0.500. The summed E-state index contributed by atoms with van der Waals surface area (Å²) in [5.74, 6) is -0.441. The molecule has 0 radical (unpaired) electrons. The van der Waals surface area contributed by atoms with E-state index >= 15 is 0 Å². The minimum absolute atomic E-state index is 0.128. The van der Waals surface area contributed by atoms with E-state index in [-0.39, 0.29) is 5.56 Å². The first-order chi connectivity index (χ1) is 8.74. The Balaban J connectivity index is 1.71. The van der Waals surface area contributed by atoms with E-state index in [1.54, 1.807) is 12.1 Å². The molecule has 94 valence electrons. The molecule has 18 heavy (non-hydrogen) atoms. The van der Waals surface area contributed by atoms with Crippen molar-refractivity contribution in [2.75, 3.05) is 13.1 Å². The van der Waals surface area contributed by atoms with Crippen LogP contribution in [0.15, 0.2) is 18.2 Å². The van der Waals surface area contributed by atoms with Gasteiger partial charge in [0.25, 0.3) is 0 Å². The number of hydrogen-bond donors (Lipinski definition) is 0. The molecule has 2 atom stereocenters. The average Bonchev–Trinajstić information content (AvgIpc) is 2.71. The lowest BCUT2D eigenvalue weighted by Crippen LogP contribution is -2.41. The standard InChI is InChI=1S/C14H15FN2O/c15-14-4-1-10(5-11(14)6-16)7-17-8-12-2-3-13(9-17)18-12/h1,4-5,12-13H,2-3,7-9H2. The first-order valence-corrected chi connectivity index (χ1v) is 6.31. The Morgan fingerprint density at radius 2 is 2.06 bits per heavy atom. The molecule has 0 N–H and O–H groups in total. The predicted octanol–water partition coefficient (Wildman–Crippen LogP) is 2.06. The molecule has 2 fully saturated rings. The van der Waals surface area contributed by atoms with E-state index in [0.29, 0.717) is 12.2 Å². The first-order valence-electron chi connectivity index (χ1n) is 6.31. The smallest absolute Gasteiger partial charge is 0.140 e. The largest absolute Gasteiger partial charge is 0.372 e. The number of hydrogen-bond acceptors (Lipinski definition) is 3. The molecular weight excluding hydrogens is 231 g/mol. The Labute approximate surface area is 106 Å². The summed E-state index contributed by atoms with van der Waals surface area (Å²) in [6.07, 6.45) is 3.02. The zero-order chi connectivity index (χ0) is 12.5. The lowest BCUT2D eigenvalue weighted by Gasteiger charge is -2.32. The number of ether oxygens (including phenoxy) is 1. The van der Waals surface area contributed by atoms with Gasteiger partial charge in [0.15, 0.2) is 0 Å². The van der Waals surface area contributed by atoms with Crippen molar-refractivity contribution >= 4 is 0 Å². The van der Waals surface area contributed by atoms with Gasteiger partial charge in [-0.2, -0.15) is 5.26 Å². The molecule has 0 amide bonds. The highest BCUT2D eigenvalue weighted by molar-refractivity contribution is 5.34. The third kappa shape index (κ3) is 2.24. The minimum atomic E-state index is -0.441. The van der Waals surface area contributed by atoms with Crippen LogP contribution in [0, 0.1) is 17.1 Å². The predicted molar refractivity (Wildman–Crippen MR) is 64.3 cm³/mol. The molecule has 1 aromatic rings. The van der Waals surface area contributed by atoms with E-state index in [0.717, 1.165) is 38.0 Å². The molecule has 4 heteroatoms. The number of nitrogens with zero attached hydrogens (tertiary/aromatic N) is 2. The van der Waals surface area contributed by atoms with Crippen LogP contribution in [0.25, 0.3) is 0 Å². The van der Waals surface area contributed by atoms with Gasteiger partial charge in [0.1, 0.15) is 11.9 Å². The molecule has 2 aliphatic rings. The normalized spacial score (nSPS) is 27.1. The summed E-state index contributed by atoms with van der Waals surface area (Å²) >= 11 is 0. The van der Waals surface area contributed by atoms with E-state index in [2.05, 4.69) is 4.90 Å². The Kier molecular flexibility index (Phi) is 3.02. The third-order valence-electron chi connectivity index (χ3n) is 3.68. The zero-order valence-corrected chi connectivity index (χ0v) is 10.1. The van der Waals surface area contributed by atoms with Gasteiger partial charge in [-0.3, -0.25) is 4.90 Å². The summed E-state index contributed by atoms with van der Waals surface area (Å²) in [5.41, 5.74) is 1.12. The van der Waals surface area contributed by atoms with Crippen molar-refractivity contribution in [3.63, 3.8) is 0 Å². The van der Waals surface area contributed by atoms with E-state index < -0.39 is 5.82 Å². The van der Waals surface area contributed by atoms with E-state index in [9.17, 15) is 4.39 Å². The van der Waals surface area contributed by atoms with Gasteiger partial charge in [-0.25, -0.2) is 4.39 Å². The van der Waals surface area contributed by atoms with Crippen LogP contribution >= 0.6 is 0 Å². The van der Waals surface area contributed by atoms with E-state index in [1.165, 1.54) is 6.07 Å². The molecule has 2 heterocycles. The highest BCUT2D eigenvalue weighted by Crippen LogP contribution is 2.27. The van der Waals surface area contributed by atoms with Crippen molar-refractivity contribution < 1.29 is 9.13 Å². The maximum atomic E-state index is 13.2. The van der Waals surface area contributed by atoms with Gasteiger partial charge in [0.05, 0.1) is 17.8 Å². The third-order valence-corrected chi connectivity index (χ3v) is 3.68. The SMILES string of the molecule is N#Cc1cc(CN2CC3CCC(C2)O3)ccc1F. The fourth-order valence-corrected chi connectivity index (χ4v) is 2.84. The molecule has 2 bridgehead atoms. The van der Waals surface area contributed by atoms with Crippen molar-refractivity contribution in [1.29, 1.82) is 5.26 Å². The van der Waals surface area contributed by atoms with Crippen molar-refractivity contribution in [1.82, 2.24) is 4.90 Å². The quantitative estimate of drug-likeness (QED) is 0.801. The monoisotopic (exact) mass is 246 g/mol. The van der Waals surface area contributed by atoms with E-state index in [4.69, 9.17) is 10.00 Å². The summed E-state index contributed by atoms with van der Waals surface area (Å²) in [4.78, 5) is 2.33. The molecular formula is C14H15FN2O. The molecule has 3 nitrogen and oxygen atoms in total. The van der Waals surface area contributed by atoms with Gasteiger partial charge in [0.2, 0.25) is 0 Å². The molecule has 3 rings (SSSR count). The summed E-state index contributed by atoms with van der Waals surface area (Å²) in [6.45, 7) is 2.65. The second-order valence-corrected chi connectivity index (χ2v) is 5.08. The van der Waals surface area contributed by atoms with Gasteiger partial charge < -0.3 is 4.74 Å². The van der Waals surface area contributed by atoms with Gasteiger partial charge in [-0.15, -0.1) is 0 Å². The van der Waals surface area contributed by atoms with Gasteiger partial charge >= 0.3 is 0 Å². The lowest BCUT2D eigenvalue weighted by atomic mass is 10.1. The molecule has 1 aromatic carbocycles. The Hall–Kier alpha value is -1.44. The number of benzene rings is 1. The van der Waals surface area contributed by atoms with Crippen molar-refractivity contribution in [2.24, 2.45) is 0 Å². The van der Waals surface area contributed by atoms with E-state index in [1.807, 2.05) is 6.07 Å².